The third kappa shape index (κ3) is 3.74. The third-order valence-electron chi connectivity index (χ3n) is 3.19. The summed E-state index contributed by atoms with van der Waals surface area (Å²) >= 11 is 0. The highest BCUT2D eigenvalue weighted by Crippen LogP contribution is 2.17. The number of nitrogens with zero attached hydrogens (tertiary/aromatic N) is 3. The fourth-order valence-corrected chi connectivity index (χ4v) is 2.27. The maximum Gasteiger partial charge on any atom is 0.145 e. The molecule has 4 nitrogen and oxygen atoms in total. The first kappa shape index (κ1) is 13.5. The minimum atomic E-state index is 0.586. The van der Waals surface area contributed by atoms with Crippen molar-refractivity contribution in [3.63, 3.8) is 0 Å². The molecule has 2 rings (SSSR count). The van der Waals surface area contributed by atoms with E-state index < -0.39 is 0 Å². The highest BCUT2D eigenvalue weighted by molar-refractivity contribution is 5.50. The summed E-state index contributed by atoms with van der Waals surface area (Å²) in [6.45, 7) is 6.17. The van der Waals surface area contributed by atoms with Gasteiger partial charge in [0.15, 0.2) is 0 Å². The van der Waals surface area contributed by atoms with Gasteiger partial charge in [-0.2, -0.15) is 5.10 Å². The van der Waals surface area contributed by atoms with Crippen LogP contribution in [0.1, 0.15) is 17.5 Å². The highest BCUT2D eigenvalue weighted by Gasteiger charge is 2.03. The molecule has 1 heterocycles. The molecule has 2 aromatic rings. The molecule has 0 atom stereocenters. The van der Waals surface area contributed by atoms with Crippen LogP contribution in [0, 0.1) is 13.8 Å². The van der Waals surface area contributed by atoms with Crippen molar-refractivity contribution in [1.29, 1.82) is 0 Å². The zero-order valence-electron chi connectivity index (χ0n) is 11.9. The van der Waals surface area contributed by atoms with Crippen LogP contribution < -0.4 is 10.6 Å². The van der Waals surface area contributed by atoms with Crippen LogP contribution in [0.3, 0.4) is 0 Å². The smallest absolute Gasteiger partial charge is 0.145 e. The van der Waals surface area contributed by atoms with Gasteiger partial charge in [-0.05, 0) is 49.6 Å². The van der Waals surface area contributed by atoms with Crippen LogP contribution in [0.5, 0.6) is 0 Å². The standard InChI is InChI=1S/C15H22N4/c1-12-9-13(2)11-14(10-12)18(3)6-4-7-19-8-5-15(16)17-19/h5,8-11H,4,6-7H2,1-3H3,(H2,16,17). The van der Waals surface area contributed by atoms with Crippen LogP contribution in [-0.4, -0.2) is 23.4 Å². The van der Waals surface area contributed by atoms with Gasteiger partial charge in [-0.15, -0.1) is 0 Å². The van der Waals surface area contributed by atoms with Gasteiger partial charge < -0.3 is 10.6 Å². The summed E-state index contributed by atoms with van der Waals surface area (Å²) in [5.74, 6) is 0.586. The monoisotopic (exact) mass is 258 g/mol. The predicted octanol–water partition coefficient (Wildman–Crippen LogP) is 2.61. The van der Waals surface area contributed by atoms with E-state index in [1.165, 1.54) is 16.8 Å². The number of nitrogen functional groups attached to an aromatic ring is 1. The van der Waals surface area contributed by atoms with Gasteiger partial charge in [-0.25, -0.2) is 0 Å². The van der Waals surface area contributed by atoms with Crippen molar-refractivity contribution >= 4 is 11.5 Å². The highest BCUT2D eigenvalue weighted by atomic mass is 15.3. The molecule has 0 fully saturated rings. The summed E-state index contributed by atoms with van der Waals surface area (Å²) in [6.07, 6.45) is 2.97. The van der Waals surface area contributed by atoms with Crippen LogP contribution in [0.4, 0.5) is 11.5 Å². The molecule has 1 aromatic heterocycles. The SMILES string of the molecule is Cc1cc(C)cc(N(C)CCCn2ccc(N)n2)c1. The summed E-state index contributed by atoms with van der Waals surface area (Å²) in [5.41, 5.74) is 9.48. The van der Waals surface area contributed by atoms with Gasteiger partial charge in [0.25, 0.3) is 0 Å². The van der Waals surface area contributed by atoms with E-state index in [4.69, 9.17) is 5.73 Å². The van der Waals surface area contributed by atoms with Gasteiger partial charge in [0.2, 0.25) is 0 Å². The average Bonchev–Trinajstić information content (AvgIpc) is 2.73. The molecule has 0 saturated heterocycles. The van der Waals surface area contributed by atoms with E-state index >= 15 is 0 Å². The van der Waals surface area contributed by atoms with E-state index in [9.17, 15) is 0 Å². The van der Waals surface area contributed by atoms with Gasteiger partial charge in [0.05, 0.1) is 0 Å². The van der Waals surface area contributed by atoms with E-state index in [0.29, 0.717) is 5.82 Å². The topological polar surface area (TPSA) is 47.1 Å². The van der Waals surface area contributed by atoms with Gasteiger partial charge in [0.1, 0.15) is 5.82 Å². The molecule has 0 amide bonds. The fourth-order valence-electron chi connectivity index (χ4n) is 2.27. The van der Waals surface area contributed by atoms with Crippen molar-refractivity contribution in [3.05, 3.63) is 41.6 Å². The number of hydrogen-bond donors (Lipinski definition) is 1. The quantitative estimate of drug-likeness (QED) is 0.896. The van der Waals surface area contributed by atoms with Crippen LogP contribution in [0.25, 0.3) is 0 Å². The molecule has 0 aliphatic heterocycles. The number of benzene rings is 1. The minimum Gasteiger partial charge on any atom is -0.382 e. The molecule has 0 unspecified atom stereocenters. The summed E-state index contributed by atoms with van der Waals surface area (Å²) in [4.78, 5) is 2.28. The second kappa shape index (κ2) is 5.78. The lowest BCUT2D eigenvalue weighted by Gasteiger charge is -2.20. The number of aromatic nitrogens is 2. The van der Waals surface area contributed by atoms with Gasteiger partial charge in [-0.1, -0.05) is 6.07 Å². The molecule has 0 saturated carbocycles. The molecule has 0 spiro atoms. The molecule has 1 aromatic carbocycles. The molecular weight excluding hydrogens is 236 g/mol. The molecule has 0 aliphatic rings. The van der Waals surface area contributed by atoms with E-state index in [0.717, 1.165) is 19.5 Å². The zero-order chi connectivity index (χ0) is 13.8. The molecule has 0 aliphatic carbocycles. The van der Waals surface area contributed by atoms with Crippen LogP contribution in [0.2, 0.25) is 0 Å². The molecule has 19 heavy (non-hydrogen) atoms. The summed E-state index contributed by atoms with van der Waals surface area (Å²) in [6, 6.07) is 8.47. The second-order valence-corrected chi connectivity index (χ2v) is 5.12. The lowest BCUT2D eigenvalue weighted by molar-refractivity contribution is 0.580. The first-order chi connectivity index (χ1) is 9.04. The van der Waals surface area contributed by atoms with E-state index in [2.05, 4.69) is 49.1 Å². The van der Waals surface area contributed by atoms with Crippen molar-refractivity contribution in [3.8, 4) is 0 Å². The molecule has 0 radical (unpaired) electrons. The van der Waals surface area contributed by atoms with Crippen molar-refractivity contribution < 1.29 is 0 Å². The summed E-state index contributed by atoms with van der Waals surface area (Å²) < 4.78 is 1.89. The Bertz CT molecular complexity index is 525. The maximum absolute atomic E-state index is 5.59. The van der Waals surface area contributed by atoms with Crippen LogP contribution in [-0.2, 0) is 6.54 Å². The van der Waals surface area contributed by atoms with Crippen LogP contribution >= 0.6 is 0 Å². The molecule has 2 N–H and O–H groups in total. The normalized spacial score (nSPS) is 10.7. The Hall–Kier alpha value is -1.97. The van der Waals surface area contributed by atoms with E-state index in [-0.39, 0.29) is 0 Å². The summed E-state index contributed by atoms with van der Waals surface area (Å²) in [7, 11) is 2.13. The van der Waals surface area contributed by atoms with Crippen LogP contribution in [0.15, 0.2) is 30.5 Å². The number of rotatable bonds is 5. The Kier molecular flexibility index (Phi) is 4.10. The number of anilines is 2. The largest absolute Gasteiger partial charge is 0.382 e. The first-order valence-corrected chi connectivity index (χ1v) is 6.63. The lowest BCUT2D eigenvalue weighted by atomic mass is 10.1. The predicted molar refractivity (Wildman–Crippen MR) is 80.4 cm³/mol. The molecule has 102 valence electrons. The van der Waals surface area contributed by atoms with Gasteiger partial charge in [0, 0.05) is 32.0 Å². The zero-order valence-corrected chi connectivity index (χ0v) is 11.9. The summed E-state index contributed by atoms with van der Waals surface area (Å²) in [5, 5.41) is 4.18. The third-order valence-corrected chi connectivity index (χ3v) is 3.19. The second-order valence-electron chi connectivity index (χ2n) is 5.12. The maximum atomic E-state index is 5.59. The van der Waals surface area contributed by atoms with Crippen molar-refractivity contribution in [1.82, 2.24) is 9.78 Å². The van der Waals surface area contributed by atoms with Crippen molar-refractivity contribution in [2.24, 2.45) is 0 Å². The number of nitrogens with two attached hydrogens (primary N) is 1. The Morgan fingerprint density at radius 2 is 1.89 bits per heavy atom. The van der Waals surface area contributed by atoms with Gasteiger partial charge >= 0.3 is 0 Å². The number of hydrogen-bond acceptors (Lipinski definition) is 3. The Morgan fingerprint density at radius 3 is 2.47 bits per heavy atom. The molecular formula is C15H22N4. The Morgan fingerprint density at radius 1 is 1.21 bits per heavy atom. The Labute approximate surface area is 114 Å². The van der Waals surface area contributed by atoms with E-state index in [1.807, 2.05) is 16.9 Å². The Balaban J connectivity index is 1.88. The minimum absolute atomic E-state index is 0.586. The van der Waals surface area contributed by atoms with Crippen molar-refractivity contribution in [2.45, 2.75) is 26.8 Å². The first-order valence-electron chi connectivity index (χ1n) is 6.63. The fraction of sp³-hybridized carbons (Fsp3) is 0.400. The average molecular weight is 258 g/mol. The van der Waals surface area contributed by atoms with Gasteiger partial charge in [-0.3, -0.25) is 4.68 Å². The number of aryl methyl sites for hydroxylation is 3. The van der Waals surface area contributed by atoms with Crippen molar-refractivity contribution in [2.75, 3.05) is 24.2 Å². The van der Waals surface area contributed by atoms with E-state index in [1.54, 1.807) is 0 Å². The molecule has 0 bridgehead atoms. The molecule has 4 heteroatoms. The lowest BCUT2D eigenvalue weighted by Crippen LogP contribution is -2.20.